The fourth-order valence-electron chi connectivity index (χ4n) is 2.46. The Bertz CT molecular complexity index is 1120. The molecule has 16 heteroatoms. The van der Waals surface area contributed by atoms with Crippen LogP contribution in [0.2, 0.25) is 0 Å². The van der Waals surface area contributed by atoms with Crippen LogP contribution in [0, 0.1) is 52.3 Å². The number of esters is 2. The Kier molecular flexibility index (Phi) is 12.6. The topological polar surface area (TPSA) is 144 Å². The number of aliphatic hydroxyl groups is 1. The molecule has 2 unspecified atom stereocenters. The van der Waals surface area contributed by atoms with Gasteiger partial charge in [0.05, 0.1) is 13.2 Å². The van der Waals surface area contributed by atoms with Gasteiger partial charge in [-0.3, -0.25) is 9.59 Å². The Morgan fingerprint density at radius 2 is 1.20 bits per heavy atom. The molecule has 0 aliphatic carbocycles. The molecule has 0 aromatic heterocycles. The zero-order valence-corrected chi connectivity index (χ0v) is 21.4. The van der Waals surface area contributed by atoms with Gasteiger partial charge in [0.1, 0.15) is 37.3 Å². The second-order valence-corrected chi connectivity index (χ2v) is 8.46. The van der Waals surface area contributed by atoms with Crippen molar-refractivity contribution in [3.05, 3.63) is 29.1 Å². The molecule has 0 saturated carbocycles. The van der Waals surface area contributed by atoms with Gasteiger partial charge in [-0.05, 0) is 20.8 Å². The molecule has 0 aliphatic heterocycles. The molecule has 2 atom stereocenters. The van der Waals surface area contributed by atoms with E-state index in [0.717, 1.165) is 6.92 Å². The predicted octanol–water partition coefficient (Wildman–Crippen LogP) is 3.19. The number of aliphatic hydroxyl groups excluding tert-OH is 1. The zero-order chi connectivity index (χ0) is 30.7. The van der Waals surface area contributed by atoms with Crippen LogP contribution in [-0.4, -0.2) is 69.0 Å². The van der Waals surface area contributed by atoms with Gasteiger partial charge >= 0.3 is 24.2 Å². The van der Waals surface area contributed by atoms with Crippen molar-refractivity contribution in [3.8, 4) is 18.1 Å². The molecule has 0 spiro atoms. The maximum Gasteiger partial charge on any atom is 0.508 e. The van der Waals surface area contributed by atoms with Crippen LogP contribution in [0.3, 0.4) is 0 Å². The SMILES string of the molecule is C#CCCOC(=O)OCC(C)(COC(=O)OCC(C)(CO)C(=O)OCC)C(=O)Oc1c(F)c(F)c(F)c(F)c1F. The van der Waals surface area contributed by atoms with Crippen molar-refractivity contribution in [2.45, 2.75) is 27.2 Å². The lowest BCUT2D eigenvalue weighted by atomic mass is 9.93. The van der Waals surface area contributed by atoms with E-state index in [4.69, 9.17) is 25.4 Å². The highest BCUT2D eigenvalue weighted by Crippen LogP contribution is 2.31. The largest absolute Gasteiger partial charge is 0.508 e. The van der Waals surface area contributed by atoms with Crippen molar-refractivity contribution < 1.29 is 74.7 Å². The lowest BCUT2D eigenvalue weighted by Gasteiger charge is -2.27. The van der Waals surface area contributed by atoms with Crippen molar-refractivity contribution in [3.63, 3.8) is 0 Å². The van der Waals surface area contributed by atoms with E-state index in [0.29, 0.717) is 0 Å². The minimum absolute atomic E-state index is 0.0117. The third-order valence-electron chi connectivity index (χ3n) is 4.97. The van der Waals surface area contributed by atoms with Gasteiger partial charge in [-0.2, -0.15) is 8.78 Å². The summed E-state index contributed by atoms with van der Waals surface area (Å²) in [5, 5.41) is 9.46. The zero-order valence-electron chi connectivity index (χ0n) is 21.4. The van der Waals surface area contributed by atoms with Gasteiger partial charge in [0.2, 0.25) is 34.8 Å². The fourth-order valence-corrected chi connectivity index (χ4v) is 2.46. The molecular weight excluding hydrogens is 559 g/mol. The first-order valence-electron chi connectivity index (χ1n) is 11.2. The maximum absolute atomic E-state index is 14.0. The Hall–Kier alpha value is -4.13. The van der Waals surface area contributed by atoms with E-state index in [9.17, 15) is 46.2 Å². The number of rotatable bonds is 13. The Morgan fingerprint density at radius 3 is 1.65 bits per heavy atom. The molecule has 0 saturated heterocycles. The standard InChI is InChI=1S/C24H25F5O11/c1-5-7-8-36-21(33)38-11-24(4,12-39-22(34)37-10-23(3,9-30)19(31)35-6-2)20(32)40-18-16(28)14(26)13(25)15(27)17(18)29/h1,30H,6-12H2,2-4H3. The first kappa shape index (κ1) is 33.9. The van der Waals surface area contributed by atoms with E-state index in [-0.39, 0.29) is 19.6 Å². The van der Waals surface area contributed by atoms with Gasteiger partial charge in [0.25, 0.3) is 0 Å². The molecule has 0 aliphatic rings. The van der Waals surface area contributed by atoms with Gasteiger partial charge in [0, 0.05) is 6.42 Å². The minimum Gasteiger partial charge on any atom is -0.465 e. The van der Waals surface area contributed by atoms with Crippen LogP contribution in [0.5, 0.6) is 5.75 Å². The van der Waals surface area contributed by atoms with Gasteiger partial charge in [-0.1, -0.05) is 0 Å². The summed E-state index contributed by atoms with van der Waals surface area (Å²) in [5.74, 6) is -14.8. The van der Waals surface area contributed by atoms with Crippen molar-refractivity contribution in [2.24, 2.45) is 10.8 Å². The van der Waals surface area contributed by atoms with Crippen LogP contribution in [0.15, 0.2) is 0 Å². The monoisotopic (exact) mass is 584 g/mol. The number of carbonyl (C=O) groups is 4. The summed E-state index contributed by atoms with van der Waals surface area (Å²) in [5.41, 5.74) is -4.06. The molecule has 0 fully saturated rings. The van der Waals surface area contributed by atoms with Crippen LogP contribution in [0.4, 0.5) is 31.5 Å². The van der Waals surface area contributed by atoms with Crippen molar-refractivity contribution in [2.75, 3.05) is 39.6 Å². The van der Waals surface area contributed by atoms with Crippen LogP contribution in [0.25, 0.3) is 0 Å². The van der Waals surface area contributed by atoms with Gasteiger partial charge in [-0.15, -0.1) is 12.3 Å². The first-order valence-corrected chi connectivity index (χ1v) is 11.2. The quantitative estimate of drug-likeness (QED) is 0.0534. The normalized spacial score (nSPS) is 13.6. The van der Waals surface area contributed by atoms with Gasteiger partial charge in [0.15, 0.2) is 0 Å². The molecule has 222 valence electrons. The number of hydrogen-bond donors (Lipinski definition) is 1. The second kappa shape index (κ2) is 14.9. The molecule has 1 rings (SSSR count). The van der Waals surface area contributed by atoms with Crippen LogP contribution >= 0.6 is 0 Å². The highest BCUT2D eigenvalue weighted by Gasteiger charge is 2.42. The number of ether oxygens (including phenoxy) is 6. The Labute approximate surface area is 224 Å². The highest BCUT2D eigenvalue weighted by molar-refractivity contribution is 5.80. The fraction of sp³-hybridized carbons (Fsp3) is 0.500. The van der Waals surface area contributed by atoms with Crippen molar-refractivity contribution in [1.82, 2.24) is 0 Å². The molecule has 40 heavy (non-hydrogen) atoms. The van der Waals surface area contributed by atoms with Crippen LogP contribution in [0.1, 0.15) is 27.2 Å². The molecule has 1 N–H and O–H groups in total. The number of hydrogen-bond acceptors (Lipinski definition) is 11. The molecule has 11 nitrogen and oxygen atoms in total. The summed E-state index contributed by atoms with van der Waals surface area (Å²) in [7, 11) is 0. The first-order chi connectivity index (χ1) is 18.7. The molecule has 0 amide bonds. The lowest BCUT2D eigenvalue weighted by molar-refractivity contribution is -0.160. The smallest absolute Gasteiger partial charge is 0.465 e. The number of carbonyl (C=O) groups excluding carboxylic acids is 4. The number of terminal acetylenes is 1. The van der Waals surface area contributed by atoms with Gasteiger partial charge in [-0.25, -0.2) is 22.8 Å². The highest BCUT2D eigenvalue weighted by atomic mass is 19.2. The predicted molar refractivity (Wildman–Crippen MR) is 120 cm³/mol. The van der Waals surface area contributed by atoms with Crippen LogP contribution in [-0.2, 0) is 33.3 Å². The average molecular weight is 584 g/mol. The van der Waals surface area contributed by atoms with E-state index in [1.54, 1.807) is 0 Å². The van der Waals surface area contributed by atoms with E-state index in [1.807, 2.05) is 0 Å². The second-order valence-electron chi connectivity index (χ2n) is 8.46. The molecule has 0 bridgehead atoms. The molecular formula is C24H25F5O11. The van der Waals surface area contributed by atoms with E-state index < -0.39 is 96.3 Å². The summed E-state index contributed by atoms with van der Waals surface area (Å²) in [6.07, 6.45) is 2.06. The Balaban J connectivity index is 3.11. The summed E-state index contributed by atoms with van der Waals surface area (Å²) in [6, 6.07) is 0. The van der Waals surface area contributed by atoms with E-state index >= 15 is 0 Å². The summed E-state index contributed by atoms with van der Waals surface area (Å²) >= 11 is 0. The van der Waals surface area contributed by atoms with Crippen molar-refractivity contribution >= 4 is 24.2 Å². The minimum atomic E-state index is -2.51. The summed E-state index contributed by atoms with van der Waals surface area (Å²) < 4.78 is 96.4. The summed E-state index contributed by atoms with van der Waals surface area (Å²) in [4.78, 5) is 48.6. The van der Waals surface area contributed by atoms with E-state index in [1.165, 1.54) is 13.8 Å². The maximum atomic E-state index is 14.0. The average Bonchev–Trinajstić information content (AvgIpc) is 2.93. The third-order valence-corrected chi connectivity index (χ3v) is 4.97. The van der Waals surface area contributed by atoms with Crippen molar-refractivity contribution in [1.29, 1.82) is 0 Å². The molecule has 1 aromatic carbocycles. The van der Waals surface area contributed by atoms with E-state index in [2.05, 4.69) is 15.4 Å². The third kappa shape index (κ3) is 8.70. The lowest BCUT2D eigenvalue weighted by Crippen LogP contribution is -2.43. The van der Waals surface area contributed by atoms with Gasteiger partial charge < -0.3 is 33.5 Å². The molecule has 1 aromatic rings. The number of benzene rings is 1. The summed E-state index contributed by atoms with van der Waals surface area (Å²) in [6.45, 7) is -0.534. The van der Waals surface area contributed by atoms with Crippen LogP contribution < -0.4 is 4.74 Å². The number of halogens is 5. The molecule has 0 radical (unpaired) electrons. The molecule has 0 heterocycles. The Morgan fingerprint density at radius 1 is 0.750 bits per heavy atom.